The number of anilines is 1. The number of methoxy groups -OCH3 is 1. The topological polar surface area (TPSA) is 88.0 Å². The average Bonchev–Trinajstić information content (AvgIpc) is 3.22. The van der Waals surface area contributed by atoms with E-state index in [1.807, 2.05) is 0 Å². The summed E-state index contributed by atoms with van der Waals surface area (Å²) < 4.78 is 46.7. The van der Waals surface area contributed by atoms with E-state index in [4.69, 9.17) is 4.74 Å². The van der Waals surface area contributed by atoms with Gasteiger partial charge in [0.05, 0.1) is 23.6 Å². The van der Waals surface area contributed by atoms with Gasteiger partial charge in [-0.2, -0.15) is 18.3 Å². The van der Waals surface area contributed by atoms with Crippen LogP contribution in [-0.4, -0.2) is 41.1 Å². The molecule has 3 heterocycles. The number of carbonyl (C=O) groups excluding carboxylic acids is 1. The highest BCUT2D eigenvalue weighted by molar-refractivity contribution is 6.11. The average molecular weight is 459 g/mol. The van der Waals surface area contributed by atoms with Gasteiger partial charge in [0.2, 0.25) is 0 Å². The maximum Gasteiger partial charge on any atom is 0.417 e. The number of aromatic nitrogens is 1. The number of hydrogen-bond acceptors (Lipinski definition) is 6. The minimum atomic E-state index is -4.55. The molecule has 2 aromatic rings. The minimum absolute atomic E-state index is 0.0784. The number of alkyl halides is 3. The summed E-state index contributed by atoms with van der Waals surface area (Å²) in [7, 11) is 1.52. The number of hydrazone groups is 1. The highest BCUT2D eigenvalue weighted by atomic mass is 19.4. The van der Waals surface area contributed by atoms with Gasteiger partial charge in [0.25, 0.3) is 11.5 Å². The van der Waals surface area contributed by atoms with Gasteiger partial charge in [0, 0.05) is 37.7 Å². The summed E-state index contributed by atoms with van der Waals surface area (Å²) in [6, 6.07) is 7.92. The van der Waals surface area contributed by atoms with Crippen LogP contribution in [0.4, 0.5) is 18.9 Å². The molecule has 0 saturated heterocycles. The van der Waals surface area contributed by atoms with Crippen molar-refractivity contribution in [2.24, 2.45) is 5.10 Å². The minimum Gasteiger partial charge on any atom is -0.383 e. The van der Waals surface area contributed by atoms with E-state index in [2.05, 4.69) is 15.7 Å². The molecule has 4 rings (SSSR count). The maximum absolute atomic E-state index is 13.4. The fraction of sp³-hybridized carbons (Fsp3) is 0.227. The number of amides is 1. The third-order valence-corrected chi connectivity index (χ3v) is 5.07. The fourth-order valence-corrected chi connectivity index (χ4v) is 3.47. The number of rotatable bonds is 6. The fourth-order valence-electron chi connectivity index (χ4n) is 3.47. The van der Waals surface area contributed by atoms with Crippen LogP contribution in [-0.2, 0) is 22.3 Å². The summed E-state index contributed by atoms with van der Waals surface area (Å²) in [6.45, 7) is 0.639. The van der Waals surface area contributed by atoms with Crippen molar-refractivity contribution in [1.29, 1.82) is 0 Å². The molecule has 1 aromatic carbocycles. The second-order valence-electron chi connectivity index (χ2n) is 7.27. The van der Waals surface area contributed by atoms with Crippen LogP contribution in [0.3, 0.4) is 0 Å². The normalized spacial score (nSPS) is 17.2. The maximum atomic E-state index is 13.4. The van der Waals surface area contributed by atoms with Gasteiger partial charge >= 0.3 is 6.18 Å². The van der Waals surface area contributed by atoms with Crippen molar-refractivity contribution in [3.8, 4) is 0 Å². The van der Waals surface area contributed by atoms with Gasteiger partial charge < -0.3 is 19.9 Å². The van der Waals surface area contributed by atoms with E-state index < -0.39 is 23.8 Å². The molecule has 11 heteroatoms. The first kappa shape index (κ1) is 22.3. The lowest BCUT2D eigenvalue weighted by Crippen LogP contribution is -2.37. The number of hydrogen-bond donors (Lipinski definition) is 2. The number of allylic oxidation sites excluding steroid dienone is 1. The quantitative estimate of drug-likeness (QED) is 0.693. The second-order valence-corrected chi connectivity index (χ2v) is 7.27. The molecule has 1 aromatic heterocycles. The zero-order chi connectivity index (χ0) is 23.6. The van der Waals surface area contributed by atoms with Crippen LogP contribution >= 0.6 is 0 Å². The van der Waals surface area contributed by atoms with E-state index in [1.54, 1.807) is 6.08 Å². The van der Waals surface area contributed by atoms with Crippen molar-refractivity contribution >= 4 is 17.3 Å². The summed E-state index contributed by atoms with van der Waals surface area (Å²) in [5.41, 5.74) is -0.579. The van der Waals surface area contributed by atoms with E-state index >= 15 is 0 Å². The molecule has 1 atom stereocenters. The SMILES string of the molecule is COCCn1cc(NC(=O)C2=CNC3C=CC(c4ccccc4C(F)(F)F)=NN23)ccc1=O. The Bertz CT molecular complexity index is 1220. The van der Waals surface area contributed by atoms with Crippen LogP contribution in [0.5, 0.6) is 0 Å². The highest BCUT2D eigenvalue weighted by Gasteiger charge is 2.36. The van der Waals surface area contributed by atoms with E-state index in [0.29, 0.717) is 18.8 Å². The highest BCUT2D eigenvalue weighted by Crippen LogP contribution is 2.33. The van der Waals surface area contributed by atoms with Crippen molar-refractivity contribution in [3.05, 3.63) is 88.1 Å². The molecule has 172 valence electrons. The molecule has 2 aliphatic rings. The van der Waals surface area contributed by atoms with Crippen LogP contribution in [0.1, 0.15) is 11.1 Å². The van der Waals surface area contributed by atoms with Crippen LogP contribution in [0, 0.1) is 0 Å². The summed E-state index contributed by atoms with van der Waals surface area (Å²) >= 11 is 0. The molecule has 0 bridgehead atoms. The monoisotopic (exact) mass is 459 g/mol. The number of fused-ring (bicyclic) bond motifs is 1. The molecular weight excluding hydrogens is 439 g/mol. The number of carbonyl (C=O) groups is 1. The van der Waals surface area contributed by atoms with E-state index in [9.17, 15) is 22.8 Å². The number of nitrogens with zero attached hydrogens (tertiary/aromatic N) is 3. The summed E-state index contributed by atoms with van der Waals surface area (Å²) in [5, 5.41) is 11.3. The lowest BCUT2D eigenvalue weighted by molar-refractivity contribution is -0.137. The van der Waals surface area contributed by atoms with Crippen LogP contribution in [0.2, 0.25) is 0 Å². The Morgan fingerprint density at radius 1 is 1.24 bits per heavy atom. The first-order valence-corrected chi connectivity index (χ1v) is 9.97. The van der Waals surface area contributed by atoms with Crippen molar-refractivity contribution < 1.29 is 22.7 Å². The van der Waals surface area contributed by atoms with Crippen LogP contribution in [0.25, 0.3) is 0 Å². The van der Waals surface area contributed by atoms with Gasteiger partial charge in [0.15, 0.2) is 0 Å². The van der Waals surface area contributed by atoms with Crippen molar-refractivity contribution in [3.63, 3.8) is 0 Å². The van der Waals surface area contributed by atoms with E-state index in [0.717, 1.165) is 6.07 Å². The molecule has 2 aliphatic heterocycles. The molecule has 1 amide bonds. The Balaban J connectivity index is 1.57. The van der Waals surface area contributed by atoms with Gasteiger partial charge in [-0.15, -0.1) is 0 Å². The Labute approximate surface area is 186 Å². The molecule has 0 fully saturated rings. The molecule has 0 radical (unpaired) electrons. The third-order valence-electron chi connectivity index (χ3n) is 5.07. The predicted octanol–water partition coefficient (Wildman–Crippen LogP) is 2.50. The smallest absolute Gasteiger partial charge is 0.383 e. The Kier molecular flexibility index (Phi) is 6.05. The molecule has 0 spiro atoms. The largest absolute Gasteiger partial charge is 0.417 e. The van der Waals surface area contributed by atoms with Gasteiger partial charge in [-0.25, -0.2) is 5.01 Å². The summed E-state index contributed by atoms with van der Waals surface area (Å²) in [5.74, 6) is -0.538. The number of benzene rings is 1. The standard InChI is InChI=1S/C22H20F3N5O3/c1-33-11-10-29-13-14(6-9-20(29)31)27-21(32)18-12-26-19-8-7-17(28-30(18)19)15-4-2-3-5-16(15)22(23,24)25/h2-9,12-13,19,26H,10-11H2,1H3,(H,27,32). The van der Waals surface area contributed by atoms with Gasteiger partial charge in [-0.1, -0.05) is 18.2 Å². The Morgan fingerprint density at radius 2 is 2.03 bits per heavy atom. The molecule has 0 saturated carbocycles. The molecule has 8 nitrogen and oxygen atoms in total. The zero-order valence-electron chi connectivity index (χ0n) is 17.5. The third kappa shape index (κ3) is 4.67. The zero-order valence-corrected chi connectivity index (χ0v) is 17.5. The Morgan fingerprint density at radius 3 is 2.79 bits per heavy atom. The number of nitrogens with one attached hydrogen (secondary N) is 2. The molecule has 33 heavy (non-hydrogen) atoms. The lowest BCUT2D eigenvalue weighted by atomic mass is 10.0. The van der Waals surface area contributed by atoms with Crippen molar-refractivity contribution in [1.82, 2.24) is 14.9 Å². The summed E-state index contributed by atoms with van der Waals surface area (Å²) in [6.07, 6.45) is 0.978. The lowest BCUT2D eigenvalue weighted by Gasteiger charge is -2.26. The van der Waals surface area contributed by atoms with Gasteiger partial charge in [-0.3, -0.25) is 9.59 Å². The molecule has 0 aliphatic carbocycles. The first-order chi connectivity index (χ1) is 15.8. The summed E-state index contributed by atoms with van der Waals surface area (Å²) in [4.78, 5) is 24.8. The van der Waals surface area contributed by atoms with Crippen LogP contribution in [0.15, 0.2) is 76.5 Å². The van der Waals surface area contributed by atoms with Crippen molar-refractivity contribution in [2.75, 3.05) is 19.0 Å². The number of ether oxygens (including phenoxy) is 1. The second kappa shape index (κ2) is 8.94. The van der Waals surface area contributed by atoms with Gasteiger partial charge in [0.1, 0.15) is 11.9 Å². The Hall–Kier alpha value is -3.86. The first-order valence-electron chi connectivity index (χ1n) is 9.97. The molecule has 2 N–H and O–H groups in total. The molecular formula is C22H20F3N5O3. The van der Waals surface area contributed by atoms with Gasteiger partial charge in [-0.05, 0) is 24.3 Å². The number of pyridine rings is 1. The molecule has 1 unspecified atom stereocenters. The van der Waals surface area contributed by atoms with Crippen LogP contribution < -0.4 is 16.2 Å². The predicted molar refractivity (Wildman–Crippen MR) is 115 cm³/mol. The van der Waals surface area contributed by atoms with E-state index in [-0.39, 0.29) is 22.5 Å². The van der Waals surface area contributed by atoms with E-state index in [1.165, 1.54) is 65.5 Å². The number of halogens is 3. The van der Waals surface area contributed by atoms with Crippen molar-refractivity contribution in [2.45, 2.75) is 18.9 Å².